The summed E-state index contributed by atoms with van der Waals surface area (Å²) in [7, 11) is 0. The number of ether oxygens (including phenoxy) is 2. The van der Waals surface area contributed by atoms with Crippen LogP contribution in [-0.4, -0.2) is 65.4 Å². The quantitative estimate of drug-likeness (QED) is 0.236. The number of hydrogen-bond donors (Lipinski definition) is 3. The van der Waals surface area contributed by atoms with Gasteiger partial charge in [-0.2, -0.15) is 12.6 Å². The van der Waals surface area contributed by atoms with Crippen molar-refractivity contribution in [2.75, 3.05) is 18.9 Å². The van der Waals surface area contributed by atoms with Gasteiger partial charge in [-0.05, 0) is 58.2 Å². The van der Waals surface area contributed by atoms with Crippen molar-refractivity contribution < 1.29 is 28.7 Å². The summed E-state index contributed by atoms with van der Waals surface area (Å²) in [5.41, 5.74) is 0.437. The highest BCUT2D eigenvalue weighted by atomic mass is 32.1. The Hall–Kier alpha value is -3.19. The molecule has 1 aromatic rings. The molecule has 3 amide bonds. The first-order valence-electron chi connectivity index (χ1n) is 11.9. The molecule has 1 aromatic carbocycles. The lowest BCUT2D eigenvalue weighted by molar-refractivity contribution is -0.144. The van der Waals surface area contributed by atoms with Crippen LogP contribution in [0.25, 0.3) is 0 Å². The van der Waals surface area contributed by atoms with Gasteiger partial charge in [-0.15, -0.1) is 6.42 Å². The number of terminal acetylenes is 1. The van der Waals surface area contributed by atoms with Crippen LogP contribution in [0.15, 0.2) is 24.3 Å². The number of nitrogens with zero attached hydrogens (tertiary/aromatic N) is 1. The molecule has 0 saturated heterocycles. The van der Waals surface area contributed by atoms with Gasteiger partial charge in [0.25, 0.3) is 0 Å². The summed E-state index contributed by atoms with van der Waals surface area (Å²) in [6.45, 7) is 7.16. The Kier molecular flexibility index (Phi) is 10.7. The molecule has 1 aliphatic rings. The lowest BCUT2D eigenvalue weighted by atomic mass is 10.0. The van der Waals surface area contributed by atoms with Gasteiger partial charge >= 0.3 is 12.1 Å². The van der Waals surface area contributed by atoms with Gasteiger partial charge in [-0.25, -0.2) is 4.79 Å². The van der Waals surface area contributed by atoms with Crippen LogP contribution >= 0.6 is 12.6 Å². The van der Waals surface area contributed by atoms with Gasteiger partial charge in [0, 0.05) is 23.9 Å². The molecule has 2 rings (SSSR count). The highest BCUT2D eigenvalue weighted by Crippen LogP contribution is 2.35. The van der Waals surface area contributed by atoms with Gasteiger partial charge in [0.15, 0.2) is 0 Å². The first-order chi connectivity index (χ1) is 17.0. The third kappa shape index (κ3) is 8.79. The van der Waals surface area contributed by atoms with E-state index in [1.54, 1.807) is 52.0 Å². The summed E-state index contributed by atoms with van der Waals surface area (Å²) in [5, 5.41) is 5.31. The summed E-state index contributed by atoms with van der Waals surface area (Å²) >= 11 is 4.26. The van der Waals surface area contributed by atoms with Crippen molar-refractivity contribution in [1.29, 1.82) is 0 Å². The van der Waals surface area contributed by atoms with E-state index in [4.69, 9.17) is 15.9 Å². The SMILES string of the molecule is C#Cc1ccc(C(C(=O)NCCC(=O)OCC)N(C(=O)C(CS)NC(=O)OC(C)(C)C)C2CC2)cc1. The lowest BCUT2D eigenvalue weighted by Crippen LogP contribution is -2.54. The maximum atomic E-state index is 13.7. The van der Waals surface area contributed by atoms with Gasteiger partial charge in [-0.1, -0.05) is 18.1 Å². The summed E-state index contributed by atoms with van der Waals surface area (Å²) in [5.74, 6) is 1.20. The molecule has 0 radical (unpaired) electrons. The second kappa shape index (κ2) is 13.2. The van der Waals surface area contributed by atoms with Crippen molar-refractivity contribution in [2.45, 2.75) is 70.7 Å². The Morgan fingerprint density at radius 1 is 1.19 bits per heavy atom. The average molecular weight is 518 g/mol. The number of alkyl carbamates (subject to hydrolysis) is 1. The smallest absolute Gasteiger partial charge is 0.408 e. The van der Waals surface area contributed by atoms with E-state index in [-0.39, 0.29) is 31.4 Å². The maximum Gasteiger partial charge on any atom is 0.408 e. The highest BCUT2D eigenvalue weighted by molar-refractivity contribution is 7.80. The van der Waals surface area contributed by atoms with Gasteiger partial charge in [0.05, 0.1) is 13.0 Å². The highest BCUT2D eigenvalue weighted by Gasteiger charge is 2.43. The van der Waals surface area contributed by atoms with E-state index in [2.05, 4.69) is 29.2 Å². The van der Waals surface area contributed by atoms with E-state index in [0.29, 0.717) is 24.0 Å². The van der Waals surface area contributed by atoms with Crippen molar-refractivity contribution in [3.8, 4) is 12.3 Å². The van der Waals surface area contributed by atoms with Gasteiger partial charge in [-0.3, -0.25) is 14.4 Å². The van der Waals surface area contributed by atoms with E-state index in [0.717, 1.165) is 0 Å². The maximum absolute atomic E-state index is 13.7. The van der Waals surface area contributed by atoms with Crippen LogP contribution in [0, 0.1) is 12.3 Å². The van der Waals surface area contributed by atoms with Gasteiger partial charge in [0.2, 0.25) is 11.8 Å². The molecular formula is C26H35N3O6S. The molecule has 0 bridgehead atoms. The van der Waals surface area contributed by atoms with E-state index < -0.39 is 41.6 Å². The summed E-state index contributed by atoms with van der Waals surface area (Å²) in [6.07, 6.45) is 6.15. The zero-order valence-electron chi connectivity index (χ0n) is 21.2. The van der Waals surface area contributed by atoms with Crippen LogP contribution in [0.5, 0.6) is 0 Å². The molecule has 2 N–H and O–H groups in total. The molecule has 1 fully saturated rings. The zero-order valence-corrected chi connectivity index (χ0v) is 22.1. The molecule has 1 saturated carbocycles. The number of benzene rings is 1. The van der Waals surface area contributed by atoms with Crippen LogP contribution in [-0.2, 0) is 23.9 Å². The minimum atomic E-state index is -1.01. The van der Waals surface area contributed by atoms with Crippen molar-refractivity contribution >= 4 is 36.5 Å². The number of esters is 1. The Morgan fingerprint density at radius 2 is 1.83 bits per heavy atom. The molecule has 2 atom stereocenters. The molecule has 0 heterocycles. The second-order valence-electron chi connectivity index (χ2n) is 9.37. The zero-order chi connectivity index (χ0) is 26.9. The number of nitrogens with one attached hydrogen (secondary N) is 2. The fraction of sp³-hybridized carbons (Fsp3) is 0.538. The molecule has 2 unspecified atom stereocenters. The summed E-state index contributed by atoms with van der Waals surface area (Å²) in [6, 6.07) is 4.59. The number of rotatable bonds is 11. The number of carbonyl (C=O) groups excluding carboxylic acids is 4. The van der Waals surface area contributed by atoms with Crippen molar-refractivity contribution in [3.05, 3.63) is 35.4 Å². The Labute approximate surface area is 218 Å². The molecule has 1 aliphatic carbocycles. The summed E-state index contributed by atoms with van der Waals surface area (Å²) < 4.78 is 10.2. The Balaban J connectivity index is 2.32. The first-order valence-corrected chi connectivity index (χ1v) is 12.6. The standard InChI is InChI=1S/C26H35N3O6S/c1-6-17-8-10-18(11-9-17)22(23(31)27-15-14-21(30)34-7-2)29(19-12-13-19)24(32)20(16-36)28-25(33)35-26(3,4)5/h1,8-11,19-20,22,36H,7,12-16H2,2-5H3,(H,27,31)(H,28,33). The minimum absolute atomic E-state index is 0.000823. The predicted octanol–water partition coefficient (Wildman–Crippen LogP) is 2.59. The second-order valence-corrected chi connectivity index (χ2v) is 9.74. The van der Waals surface area contributed by atoms with Gasteiger partial charge in [0.1, 0.15) is 17.7 Å². The minimum Gasteiger partial charge on any atom is -0.466 e. The third-order valence-electron chi connectivity index (χ3n) is 5.22. The number of thiol groups is 1. The Morgan fingerprint density at radius 3 is 2.33 bits per heavy atom. The van der Waals surface area contributed by atoms with Crippen LogP contribution in [0.4, 0.5) is 4.79 Å². The predicted molar refractivity (Wildman–Crippen MR) is 138 cm³/mol. The monoisotopic (exact) mass is 517 g/mol. The number of hydrogen-bond acceptors (Lipinski definition) is 7. The van der Waals surface area contributed by atoms with Crippen LogP contribution < -0.4 is 10.6 Å². The average Bonchev–Trinajstić information content (AvgIpc) is 3.64. The molecule has 0 aliphatic heterocycles. The van der Waals surface area contributed by atoms with Crippen LogP contribution in [0.1, 0.15) is 64.1 Å². The molecule has 0 aromatic heterocycles. The van der Waals surface area contributed by atoms with E-state index in [1.807, 2.05) is 0 Å². The number of carbonyl (C=O) groups is 4. The van der Waals surface area contributed by atoms with E-state index >= 15 is 0 Å². The Bertz CT molecular complexity index is 979. The molecule has 36 heavy (non-hydrogen) atoms. The van der Waals surface area contributed by atoms with E-state index in [1.165, 1.54) is 4.90 Å². The molecular weight excluding hydrogens is 482 g/mol. The van der Waals surface area contributed by atoms with Gasteiger partial charge < -0.3 is 25.0 Å². The fourth-order valence-electron chi connectivity index (χ4n) is 3.50. The van der Waals surface area contributed by atoms with Crippen LogP contribution in [0.2, 0.25) is 0 Å². The molecule has 9 nitrogen and oxygen atoms in total. The topological polar surface area (TPSA) is 114 Å². The largest absolute Gasteiger partial charge is 0.466 e. The van der Waals surface area contributed by atoms with Crippen molar-refractivity contribution in [3.63, 3.8) is 0 Å². The molecule has 196 valence electrons. The van der Waals surface area contributed by atoms with Crippen molar-refractivity contribution in [1.82, 2.24) is 15.5 Å². The molecule has 10 heteroatoms. The lowest BCUT2D eigenvalue weighted by Gasteiger charge is -2.34. The normalized spacial score (nSPS) is 14.6. The number of amides is 3. The summed E-state index contributed by atoms with van der Waals surface area (Å²) in [4.78, 5) is 52.7. The van der Waals surface area contributed by atoms with E-state index in [9.17, 15) is 19.2 Å². The third-order valence-corrected chi connectivity index (χ3v) is 5.58. The first kappa shape index (κ1) is 29.0. The molecule has 0 spiro atoms. The van der Waals surface area contributed by atoms with Crippen LogP contribution in [0.3, 0.4) is 0 Å². The fourth-order valence-corrected chi connectivity index (χ4v) is 3.75. The van der Waals surface area contributed by atoms with Crippen molar-refractivity contribution in [2.24, 2.45) is 0 Å².